The highest BCUT2D eigenvalue weighted by Crippen LogP contribution is 2.02. The summed E-state index contributed by atoms with van der Waals surface area (Å²) in [4.78, 5) is 36.6. The minimum Gasteiger partial charge on any atom is -0.472 e. The molecule has 0 aliphatic carbocycles. The Kier molecular flexibility index (Phi) is 6.46. The van der Waals surface area contributed by atoms with Gasteiger partial charge in [0.1, 0.15) is 12.6 Å². The smallest absolute Gasteiger partial charge is 0.443 e. The number of nitrogens with zero attached hydrogens (tertiary/aromatic N) is 2. The van der Waals surface area contributed by atoms with Crippen LogP contribution < -0.4 is 5.32 Å². The zero-order chi connectivity index (χ0) is 16.5. The van der Waals surface area contributed by atoms with E-state index < -0.39 is 29.6 Å². The molecule has 1 aromatic carbocycles. The van der Waals surface area contributed by atoms with Gasteiger partial charge in [0.2, 0.25) is 0 Å². The summed E-state index contributed by atoms with van der Waals surface area (Å²) in [5.41, 5.74) is 8.26. The van der Waals surface area contributed by atoms with Crippen molar-refractivity contribution in [2.45, 2.75) is 26.0 Å². The lowest BCUT2D eigenvalue weighted by molar-refractivity contribution is -0.137. The van der Waals surface area contributed by atoms with E-state index in [1.54, 1.807) is 31.2 Å². The van der Waals surface area contributed by atoms with Gasteiger partial charge in [0.15, 0.2) is 0 Å². The van der Waals surface area contributed by atoms with E-state index in [0.29, 0.717) is 0 Å². The molecule has 0 saturated carbocycles. The van der Waals surface area contributed by atoms with Gasteiger partial charge >= 0.3 is 17.8 Å². The maximum atomic E-state index is 11.8. The molecule has 0 aromatic heterocycles. The van der Waals surface area contributed by atoms with Gasteiger partial charge in [0, 0.05) is 0 Å². The molecule has 1 atom stereocenters. The number of aliphatic carboxylic acids is 1. The number of ether oxygens (including phenoxy) is 1. The van der Waals surface area contributed by atoms with E-state index in [0.717, 1.165) is 5.56 Å². The predicted molar refractivity (Wildman–Crippen MR) is 75.1 cm³/mol. The Bertz CT molecular complexity index is 608. The van der Waals surface area contributed by atoms with Crippen molar-refractivity contribution in [1.82, 2.24) is 5.32 Å². The molecule has 116 valence electrons. The molecule has 22 heavy (non-hydrogen) atoms. The second kappa shape index (κ2) is 8.33. The number of alkyl carbamates (subject to hydrolysis) is 1. The molecular formula is C14H15N3O5. The van der Waals surface area contributed by atoms with Crippen LogP contribution >= 0.6 is 0 Å². The number of ketones is 1. The maximum absolute atomic E-state index is 11.8. The molecule has 0 bridgehead atoms. The van der Waals surface area contributed by atoms with Gasteiger partial charge in [-0.25, -0.2) is 9.59 Å². The van der Waals surface area contributed by atoms with Gasteiger partial charge in [-0.3, -0.25) is 4.79 Å². The minimum absolute atomic E-state index is 0.0111. The number of rotatable bonds is 7. The van der Waals surface area contributed by atoms with E-state index in [1.807, 2.05) is 6.07 Å². The van der Waals surface area contributed by atoms with E-state index in [-0.39, 0.29) is 13.0 Å². The Morgan fingerprint density at radius 3 is 2.45 bits per heavy atom. The third-order valence-electron chi connectivity index (χ3n) is 2.77. The number of amides is 1. The summed E-state index contributed by atoms with van der Waals surface area (Å²) in [5.74, 6) is -2.68. The number of carboxylic acids is 1. The molecule has 0 aliphatic heterocycles. The van der Waals surface area contributed by atoms with Crippen LogP contribution in [0.3, 0.4) is 0 Å². The number of carbonyl (C=O) groups is 3. The summed E-state index contributed by atoms with van der Waals surface area (Å²) in [6, 6.07) is 7.76. The van der Waals surface area contributed by atoms with Crippen molar-refractivity contribution in [1.29, 1.82) is 0 Å². The molecule has 0 aliphatic rings. The molecule has 1 aromatic rings. The number of Topliss-reactive ketones (excluding diaryl/α,β-unsaturated/α-hetero) is 1. The number of nitrogens with one attached hydrogen (secondary N) is 1. The Balaban J connectivity index is 2.62. The second-order valence-electron chi connectivity index (χ2n) is 4.28. The minimum atomic E-state index is -1.68. The molecule has 0 radical (unpaired) electrons. The summed E-state index contributed by atoms with van der Waals surface area (Å²) in [6.45, 7) is 1.58. The average Bonchev–Trinajstić information content (AvgIpc) is 2.51. The van der Waals surface area contributed by atoms with E-state index in [4.69, 9.17) is 15.4 Å². The summed E-state index contributed by atoms with van der Waals surface area (Å²) in [6.07, 6.45) is -0.752. The normalized spacial score (nSPS) is 11.0. The van der Waals surface area contributed by atoms with E-state index >= 15 is 0 Å². The molecule has 8 nitrogen and oxygen atoms in total. The number of carbonyl (C=O) groups excluding carboxylic acids is 2. The zero-order valence-electron chi connectivity index (χ0n) is 11.9. The average molecular weight is 305 g/mol. The number of hydrogen-bond donors (Lipinski definition) is 2. The molecule has 1 unspecified atom stereocenters. The van der Waals surface area contributed by atoms with Gasteiger partial charge in [-0.2, -0.15) is 4.79 Å². The van der Waals surface area contributed by atoms with Gasteiger partial charge < -0.3 is 20.7 Å². The van der Waals surface area contributed by atoms with E-state index in [9.17, 15) is 14.4 Å². The van der Waals surface area contributed by atoms with Crippen molar-refractivity contribution in [3.63, 3.8) is 0 Å². The van der Waals surface area contributed by atoms with Crippen LogP contribution in [-0.2, 0) is 20.9 Å². The third kappa shape index (κ3) is 4.84. The Hall–Kier alpha value is -2.99. The highest BCUT2D eigenvalue weighted by atomic mass is 16.5. The number of benzene rings is 1. The lowest BCUT2D eigenvalue weighted by Gasteiger charge is -2.13. The lowest BCUT2D eigenvalue weighted by atomic mass is 10.1. The van der Waals surface area contributed by atoms with Crippen molar-refractivity contribution in [2.24, 2.45) is 0 Å². The first-order chi connectivity index (χ1) is 10.5. The maximum Gasteiger partial charge on any atom is 0.443 e. The molecule has 8 heteroatoms. The lowest BCUT2D eigenvalue weighted by Crippen LogP contribution is -2.45. The quantitative estimate of drug-likeness (QED) is 0.336. The van der Waals surface area contributed by atoms with Crippen LogP contribution in [-0.4, -0.2) is 39.5 Å². The molecule has 2 N–H and O–H groups in total. The van der Waals surface area contributed by atoms with Gasteiger partial charge in [-0.05, 0) is 12.0 Å². The van der Waals surface area contributed by atoms with Crippen LogP contribution in [0.25, 0.3) is 5.53 Å². The predicted octanol–water partition coefficient (Wildman–Crippen LogP) is 1.02. The fourth-order valence-corrected chi connectivity index (χ4v) is 1.62. The van der Waals surface area contributed by atoms with Gasteiger partial charge in [0.05, 0.1) is 0 Å². The SMILES string of the molecule is CCC(NC(=O)OCc1ccccc1)C(=O)C(=[N+]=[N-])C(=O)O. The highest BCUT2D eigenvalue weighted by molar-refractivity contribution is 6.63. The fraction of sp³-hybridized carbons (Fsp3) is 0.286. The van der Waals surface area contributed by atoms with Crippen molar-refractivity contribution < 1.29 is 29.0 Å². The summed E-state index contributed by atoms with van der Waals surface area (Å²) >= 11 is 0. The largest absolute Gasteiger partial charge is 0.472 e. The van der Waals surface area contributed by atoms with Crippen LogP contribution in [0, 0.1) is 0 Å². The molecular weight excluding hydrogens is 290 g/mol. The topological polar surface area (TPSA) is 129 Å². The summed E-state index contributed by atoms with van der Waals surface area (Å²) in [5, 5.41) is 11.0. The van der Waals surface area contributed by atoms with Gasteiger partial charge in [0.25, 0.3) is 5.78 Å². The number of carboxylic acid groups (broad SMARTS) is 1. The van der Waals surface area contributed by atoms with E-state index in [2.05, 4.69) is 10.1 Å². The van der Waals surface area contributed by atoms with Crippen LogP contribution in [0.4, 0.5) is 4.79 Å². The number of hydrogen-bond acceptors (Lipinski definition) is 4. The standard InChI is InChI=1S/C14H15N3O5/c1-2-10(12(18)11(17-15)13(19)20)16-14(21)22-8-9-6-4-3-5-7-9/h3-7,10H,2,8H2,1H3,(H,16,21)(H,19,20). The molecule has 1 amide bonds. The first kappa shape index (κ1) is 17.1. The third-order valence-corrected chi connectivity index (χ3v) is 2.77. The molecule has 0 heterocycles. The van der Waals surface area contributed by atoms with Crippen molar-refractivity contribution in [3.05, 3.63) is 41.4 Å². The Labute approximate surface area is 126 Å². The molecule has 0 spiro atoms. The van der Waals surface area contributed by atoms with Crippen molar-refractivity contribution >= 4 is 23.6 Å². The molecule has 0 fully saturated rings. The molecule has 0 saturated heterocycles. The summed E-state index contributed by atoms with van der Waals surface area (Å²) < 4.78 is 4.93. The highest BCUT2D eigenvalue weighted by Gasteiger charge is 2.35. The van der Waals surface area contributed by atoms with Gasteiger partial charge in [-0.15, -0.1) is 0 Å². The summed E-state index contributed by atoms with van der Waals surface area (Å²) in [7, 11) is 0. The van der Waals surface area contributed by atoms with Gasteiger partial charge in [-0.1, -0.05) is 37.3 Å². The first-order valence-corrected chi connectivity index (χ1v) is 6.46. The van der Waals surface area contributed by atoms with Crippen molar-refractivity contribution in [2.75, 3.05) is 0 Å². The second-order valence-corrected chi connectivity index (χ2v) is 4.28. The fourth-order valence-electron chi connectivity index (χ4n) is 1.62. The first-order valence-electron chi connectivity index (χ1n) is 6.46. The van der Waals surface area contributed by atoms with E-state index in [1.165, 1.54) is 0 Å². The van der Waals surface area contributed by atoms with Crippen LogP contribution in [0.15, 0.2) is 30.3 Å². The van der Waals surface area contributed by atoms with Crippen LogP contribution in [0.2, 0.25) is 0 Å². The van der Waals surface area contributed by atoms with Crippen LogP contribution in [0.5, 0.6) is 0 Å². The zero-order valence-corrected chi connectivity index (χ0v) is 11.9. The van der Waals surface area contributed by atoms with Crippen molar-refractivity contribution in [3.8, 4) is 0 Å². The van der Waals surface area contributed by atoms with Crippen LogP contribution in [0.1, 0.15) is 18.9 Å². The Morgan fingerprint density at radius 1 is 1.32 bits per heavy atom. The monoisotopic (exact) mass is 305 g/mol. The molecule has 1 rings (SSSR count). The Morgan fingerprint density at radius 2 is 1.95 bits per heavy atom.